The minimum Gasteiger partial charge on any atom is -0.496 e. The molecule has 8 heteroatoms. The molecule has 0 spiro atoms. The van der Waals surface area contributed by atoms with Gasteiger partial charge in [-0.2, -0.15) is 0 Å². The van der Waals surface area contributed by atoms with Gasteiger partial charge in [0, 0.05) is 37.1 Å². The molecule has 29 heavy (non-hydrogen) atoms. The Balaban J connectivity index is 1.36. The monoisotopic (exact) mass is 390 g/mol. The molecule has 1 aliphatic heterocycles. The minimum absolute atomic E-state index is 0.113. The Bertz CT molecular complexity index is 956. The van der Waals surface area contributed by atoms with Crippen molar-refractivity contribution in [3.05, 3.63) is 60.7 Å². The molecule has 148 valence electrons. The topological polar surface area (TPSA) is 93.1 Å². The van der Waals surface area contributed by atoms with Crippen LogP contribution in [0.3, 0.4) is 0 Å². The van der Waals surface area contributed by atoms with E-state index in [2.05, 4.69) is 30.4 Å². The van der Waals surface area contributed by atoms with E-state index in [9.17, 15) is 4.79 Å². The molecule has 0 aliphatic carbocycles. The summed E-state index contributed by atoms with van der Waals surface area (Å²) in [5, 5.41) is 11.8. The third kappa shape index (κ3) is 4.31. The minimum atomic E-state index is -0.183. The van der Waals surface area contributed by atoms with Crippen molar-refractivity contribution >= 4 is 11.7 Å². The van der Waals surface area contributed by atoms with E-state index >= 15 is 0 Å². The summed E-state index contributed by atoms with van der Waals surface area (Å²) >= 11 is 0. The molecule has 3 aromatic rings. The zero-order valence-electron chi connectivity index (χ0n) is 16.2. The fourth-order valence-corrected chi connectivity index (χ4v) is 3.42. The van der Waals surface area contributed by atoms with Crippen molar-refractivity contribution in [3.63, 3.8) is 0 Å². The van der Waals surface area contributed by atoms with Crippen LogP contribution in [0.5, 0.6) is 5.75 Å². The highest BCUT2D eigenvalue weighted by Crippen LogP contribution is 2.28. The Morgan fingerprint density at radius 3 is 2.62 bits per heavy atom. The normalized spacial score (nSPS) is 14.4. The number of piperidine rings is 1. The quantitative estimate of drug-likeness (QED) is 0.715. The number of rotatable bonds is 5. The molecule has 1 saturated heterocycles. The molecule has 2 aromatic heterocycles. The van der Waals surface area contributed by atoms with E-state index in [1.165, 1.54) is 12.4 Å². The van der Waals surface area contributed by atoms with Crippen molar-refractivity contribution in [2.24, 2.45) is 0 Å². The zero-order chi connectivity index (χ0) is 20.1. The van der Waals surface area contributed by atoms with Crippen LogP contribution in [-0.4, -0.2) is 52.3 Å². The van der Waals surface area contributed by atoms with Gasteiger partial charge in [-0.05, 0) is 37.1 Å². The summed E-state index contributed by atoms with van der Waals surface area (Å²) < 4.78 is 5.40. The van der Waals surface area contributed by atoms with Gasteiger partial charge in [0.2, 0.25) is 0 Å². The lowest BCUT2D eigenvalue weighted by atomic mass is 10.0. The van der Waals surface area contributed by atoms with Crippen LogP contribution in [0.4, 0.5) is 5.82 Å². The SMILES string of the molecule is COc1ccccc1-c1ccc(N2CCC(NC(=O)c3cnccn3)CC2)nn1. The molecule has 0 unspecified atom stereocenters. The number of nitrogens with one attached hydrogen (secondary N) is 1. The van der Waals surface area contributed by atoms with Gasteiger partial charge < -0.3 is 15.0 Å². The Morgan fingerprint density at radius 2 is 1.93 bits per heavy atom. The van der Waals surface area contributed by atoms with E-state index in [1.807, 2.05) is 36.4 Å². The van der Waals surface area contributed by atoms with Crippen LogP contribution in [-0.2, 0) is 0 Å². The lowest BCUT2D eigenvalue weighted by molar-refractivity contribution is 0.0925. The summed E-state index contributed by atoms with van der Waals surface area (Å²) in [6.45, 7) is 1.60. The number of anilines is 1. The molecule has 3 heterocycles. The van der Waals surface area contributed by atoms with Crippen molar-refractivity contribution in [2.75, 3.05) is 25.1 Å². The first kappa shape index (κ1) is 18.8. The average Bonchev–Trinajstić information content (AvgIpc) is 2.80. The third-order valence-electron chi connectivity index (χ3n) is 4.98. The number of hydrogen-bond acceptors (Lipinski definition) is 7. The first-order valence-electron chi connectivity index (χ1n) is 9.53. The van der Waals surface area contributed by atoms with Crippen LogP contribution in [0.2, 0.25) is 0 Å². The summed E-state index contributed by atoms with van der Waals surface area (Å²) in [7, 11) is 1.65. The second-order valence-electron chi connectivity index (χ2n) is 6.80. The lowest BCUT2D eigenvalue weighted by Crippen LogP contribution is -2.45. The largest absolute Gasteiger partial charge is 0.496 e. The molecule has 1 aliphatic rings. The number of carbonyl (C=O) groups excluding carboxylic acids is 1. The molecule has 0 atom stereocenters. The maximum atomic E-state index is 12.2. The number of hydrogen-bond donors (Lipinski definition) is 1. The molecular weight excluding hydrogens is 368 g/mol. The molecule has 1 aromatic carbocycles. The molecule has 8 nitrogen and oxygen atoms in total. The van der Waals surface area contributed by atoms with E-state index in [1.54, 1.807) is 13.3 Å². The number of ether oxygens (including phenoxy) is 1. The Morgan fingerprint density at radius 1 is 1.10 bits per heavy atom. The van der Waals surface area contributed by atoms with Crippen LogP contribution < -0.4 is 15.0 Å². The molecule has 1 amide bonds. The number of methoxy groups -OCH3 is 1. The highest BCUT2D eigenvalue weighted by Gasteiger charge is 2.22. The maximum Gasteiger partial charge on any atom is 0.271 e. The zero-order valence-corrected chi connectivity index (χ0v) is 16.2. The van der Waals surface area contributed by atoms with Crippen LogP contribution in [0.25, 0.3) is 11.3 Å². The van der Waals surface area contributed by atoms with Crippen LogP contribution in [0, 0.1) is 0 Å². The Hall–Kier alpha value is -3.55. The summed E-state index contributed by atoms with van der Waals surface area (Å²) in [6.07, 6.45) is 6.22. The van der Waals surface area contributed by atoms with Gasteiger partial charge in [0.15, 0.2) is 5.82 Å². The molecule has 0 bridgehead atoms. The van der Waals surface area contributed by atoms with E-state index in [-0.39, 0.29) is 11.9 Å². The Labute approximate surface area is 169 Å². The number of para-hydroxylation sites is 1. The first-order chi connectivity index (χ1) is 14.2. The van der Waals surface area contributed by atoms with Gasteiger partial charge in [0.25, 0.3) is 5.91 Å². The van der Waals surface area contributed by atoms with Gasteiger partial charge in [-0.15, -0.1) is 10.2 Å². The van der Waals surface area contributed by atoms with Gasteiger partial charge in [-0.25, -0.2) is 4.98 Å². The fourth-order valence-electron chi connectivity index (χ4n) is 3.42. The lowest BCUT2D eigenvalue weighted by Gasteiger charge is -2.32. The van der Waals surface area contributed by atoms with Gasteiger partial charge in [0.05, 0.1) is 19.0 Å². The van der Waals surface area contributed by atoms with Crippen LogP contribution >= 0.6 is 0 Å². The van der Waals surface area contributed by atoms with Crippen molar-refractivity contribution in [1.82, 2.24) is 25.5 Å². The highest BCUT2D eigenvalue weighted by atomic mass is 16.5. The number of amides is 1. The highest BCUT2D eigenvalue weighted by molar-refractivity contribution is 5.92. The number of nitrogens with zero attached hydrogens (tertiary/aromatic N) is 5. The predicted octanol–water partition coefficient (Wildman–Crippen LogP) is 2.34. The van der Waals surface area contributed by atoms with E-state index in [0.717, 1.165) is 48.8 Å². The van der Waals surface area contributed by atoms with Crippen molar-refractivity contribution < 1.29 is 9.53 Å². The van der Waals surface area contributed by atoms with Crippen molar-refractivity contribution in [3.8, 4) is 17.0 Å². The molecule has 1 fully saturated rings. The van der Waals surface area contributed by atoms with Gasteiger partial charge in [-0.3, -0.25) is 9.78 Å². The standard InChI is InChI=1S/C21H22N6O2/c1-29-19-5-3-2-4-16(19)17-6-7-20(26-25-17)27-12-8-15(9-13-27)24-21(28)18-14-22-10-11-23-18/h2-7,10-11,14-15H,8-9,12-13H2,1H3,(H,24,28). The van der Waals surface area contributed by atoms with Gasteiger partial charge in [0.1, 0.15) is 11.4 Å². The first-order valence-corrected chi connectivity index (χ1v) is 9.53. The van der Waals surface area contributed by atoms with Crippen LogP contribution in [0.1, 0.15) is 23.3 Å². The molecular formula is C21H22N6O2. The van der Waals surface area contributed by atoms with Gasteiger partial charge in [-0.1, -0.05) is 12.1 Å². The van der Waals surface area contributed by atoms with E-state index < -0.39 is 0 Å². The van der Waals surface area contributed by atoms with Crippen LogP contribution in [0.15, 0.2) is 55.0 Å². The second-order valence-corrected chi connectivity index (χ2v) is 6.80. The molecule has 4 rings (SSSR count). The number of aromatic nitrogens is 4. The van der Waals surface area contributed by atoms with E-state index in [0.29, 0.717) is 5.69 Å². The van der Waals surface area contributed by atoms with Crippen molar-refractivity contribution in [2.45, 2.75) is 18.9 Å². The average molecular weight is 390 g/mol. The second kappa shape index (κ2) is 8.64. The van der Waals surface area contributed by atoms with Gasteiger partial charge >= 0.3 is 0 Å². The number of carbonyl (C=O) groups is 1. The summed E-state index contributed by atoms with van der Waals surface area (Å²) in [6, 6.07) is 11.8. The third-order valence-corrected chi connectivity index (χ3v) is 4.98. The molecule has 0 saturated carbocycles. The summed E-state index contributed by atoms with van der Waals surface area (Å²) in [5.41, 5.74) is 2.03. The number of benzene rings is 1. The molecule has 0 radical (unpaired) electrons. The predicted molar refractivity (Wildman–Crippen MR) is 109 cm³/mol. The fraction of sp³-hybridized carbons (Fsp3) is 0.286. The molecule has 1 N–H and O–H groups in total. The summed E-state index contributed by atoms with van der Waals surface area (Å²) in [5.74, 6) is 1.43. The van der Waals surface area contributed by atoms with E-state index in [4.69, 9.17) is 4.74 Å². The maximum absolute atomic E-state index is 12.2. The van der Waals surface area contributed by atoms with Crippen molar-refractivity contribution in [1.29, 1.82) is 0 Å². The summed E-state index contributed by atoms with van der Waals surface area (Å²) in [4.78, 5) is 22.4. The smallest absolute Gasteiger partial charge is 0.271 e. The Kier molecular flexibility index (Phi) is 5.60.